The summed E-state index contributed by atoms with van der Waals surface area (Å²) in [5.74, 6) is -1.31. The molecule has 6 heteroatoms. The standard InChI is InChI=1S/C15H21NO4S/c1-14(2)19-12(17)11(13(18)20-14)10-16-8-9-21-15(16)6-4-3-5-7-15/h10H,3-9H2,1-2H3. The monoisotopic (exact) mass is 311 g/mol. The number of nitrogens with zero attached hydrogens (tertiary/aromatic N) is 1. The summed E-state index contributed by atoms with van der Waals surface area (Å²) in [5.41, 5.74) is 0.0155. The molecule has 3 aliphatic rings. The number of thioether (sulfide) groups is 1. The molecule has 2 aliphatic heterocycles. The molecule has 0 radical (unpaired) electrons. The van der Waals surface area contributed by atoms with Gasteiger partial charge in [0.25, 0.3) is 5.79 Å². The van der Waals surface area contributed by atoms with Gasteiger partial charge in [-0.15, -0.1) is 11.8 Å². The number of hydrogen-bond donors (Lipinski definition) is 0. The summed E-state index contributed by atoms with van der Waals surface area (Å²) >= 11 is 1.94. The zero-order chi connectivity index (χ0) is 15.1. The Hall–Kier alpha value is -1.17. The van der Waals surface area contributed by atoms with Crippen LogP contribution in [0, 0.1) is 0 Å². The first-order valence-corrected chi connectivity index (χ1v) is 8.50. The Kier molecular flexibility index (Phi) is 3.67. The van der Waals surface area contributed by atoms with Crippen LogP contribution in [-0.2, 0) is 19.1 Å². The van der Waals surface area contributed by atoms with Crippen LogP contribution in [0.25, 0.3) is 0 Å². The number of carbonyl (C=O) groups is 2. The first-order chi connectivity index (χ1) is 9.92. The lowest BCUT2D eigenvalue weighted by Crippen LogP contribution is -2.44. The van der Waals surface area contributed by atoms with Gasteiger partial charge in [0.1, 0.15) is 0 Å². The molecule has 1 aliphatic carbocycles. The maximum Gasteiger partial charge on any atom is 0.350 e. The Morgan fingerprint density at radius 1 is 1.10 bits per heavy atom. The molecule has 2 heterocycles. The van der Waals surface area contributed by atoms with Gasteiger partial charge in [-0.2, -0.15) is 0 Å². The van der Waals surface area contributed by atoms with Gasteiger partial charge in [-0.05, 0) is 12.8 Å². The summed E-state index contributed by atoms with van der Waals surface area (Å²) < 4.78 is 10.3. The van der Waals surface area contributed by atoms with Gasteiger partial charge in [0.05, 0.1) is 4.87 Å². The minimum Gasteiger partial charge on any atom is -0.419 e. The molecule has 0 aromatic carbocycles. The van der Waals surface area contributed by atoms with Crippen molar-refractivity contribution in [2.24, 2.45) is 0 Å². The molecule has 2 saturated heterocycles. The molecule has 0 aromatic heterocycles. The molecule has 0 amide bonds. The van der Waals surface area contributed by atoms with Crippen molar-refractivity contribution in [3.05, 3.63) is 11.8 Å². The zero-order valence-corrected chi connectivity index (χ0v) is 13.3. The fourth-order valence-corrected chi connectivity index (χ4v) is 4.82. The largest absolute Gasteiger partial charge is 0.419 e. The molecule has 0 N–H and O–H groups in total. The maximum absolute atomic E-state index is 12.1. The van der Waals surface area contributed by atoms with Crippen LogP contribution in [0.5, 0.6) is 0 Å². The van der Waals surface area contributed by atoms with Gasteiger partial charge < -0.3 is 14.4 Å². The van der Waals surface area contributed by atoms with E-state index in [2.05, 4.69) is 4.90 Å². The number of carbonyl (C=O) groups excluding carboxylic acids is 2. The zero-order valence-electron chi connectivity index (χ0n) is 12.5. The van der Waals surface area contributed by atoms with E-state index in [-0.39, 0.29) is 10.4 Å². The quantitative estimate of drug-likeness (QED) is 0.421. The second-order valence-electron chi connectivity index (χ2n) is 6.27. The highest BCUT2D eigenvalue weighted by Gasteiger charge is 2.44. The molecule has 21 heavy (non-hydrogen) atoms. The predicted molar refractivity (Wildman–Crippen MR) is 79.3 cm³/mol. The van der Waals surface area contributed by atoms with Crippen LogP contribution in [-0.4, -0.2) is 39.8 Å². The van der Waals surface area contributed by atoms with Crippen LogP contribution in [0.15, 0.2) is 11.8 Å². The van der Waals surface area contributed by atoms with Gasteiger partial charge in [-0.1, -0.05) is 19.3 Å². The van der Waals surface area contributed by atoms with E-state index < -0.39 is 17.7 Å². The van der Waals surface area contributed by atoms with Crippen LogP contribution in [0.2, 0.25) is 0 Å². The van der Waals surface area contributed by atoms with Crippen molar-refractivity contribution < 1.29 is 19.1 Å². The summed E-state index contributed by atoms with van der Waals surface area (Å²) in [5, 5.41) is 0. The Morgan fingerprint density at radius 2 is 1.71 bits per heavy atom. The Bertz CT molecular complexity index is 472. The summed E-state index contributed by atoms with van der Waals surface area (Å²) in [4.78, 5) is 26.3. The minimum atomic E-state index is -1.17. The highest BCUT2D eigenvalue weighted by atomic mass is 32.2. The SMILES string of the molecule is CC1(C)OC(=O)C(=CN2CCSC23CCCCC3)C(=O)O1. The van der Waals surface area contributed by atoms with Crippen LogP contribution in [0.3, 0.4) is 0 Å². The second kappa shape index (κ2) is 5.23. The average molecular weight is 311 g/mol. The third kappa shape index (κ3) is 2.78. The smallest absolute Gasteiger partial charge is 0.350 e. The number of esters is 2. The van der Waals surface area contributed by atoms with E-state index in [4.69, 9.17) is 9.47 Å². The average Bonchev–Trinajstić information content (AvgIpc) is 2.76. The van der Waals surface area contributed by atoms with Crippen molar-refractivity contribution in [3.8, 4) is 0 Å². The molecule has 1 saturated carbocycles. The highest BCUT2D eigenvalue weighted by Crippen LogP contribution is 2.47. The summed E-state index contributed by atoms with van der Waals surface area (Å²) in [7, 11) is 0. The van der Waals surface area contributed by atoms with Crippen LogP contribution in [0.1, 0.15) is 46.0 Å². The third-order valence-electron chi connectivity index (χ3n) is 4.26. The number of cyclic esters (lactones) is 2. The normalized spacial score (nSPS) is 27.5. The van der Waals surface area contributed by atoms with Gasteiger partial charge in [0.2, 0.25) is 0 Å². The van der Waals surface area contributed by atoms with Crippen LogP contribution >= 0.6 is 11.8 Å². The fourth-order valence-electron chi connectivity index (χ4n) is 3.26. The number of rotatable bonds is 1. The summed E-state index contributed by atoms with van der Waals surface area (Å²) in [6, 6.07) is 0. The van der Waals surface area contributed by atoms with E-state index in [0.29, 0.717) is 0 Å². The first kappa shape index (κ1) is 14.8. The van der Waals surface area contributed by atoms with Crippen molar-refractivity contribution in [1.29, 1.82) is 0 Å². The Labute approximate surface area is 129 Å². The third-order valence-corrected chi connectivity index (χ3v) is 5.83. The molecule has 0 bridgehead atoms. The van der Waals surface area contributed by atoms with E-state index >= 15 is 0 Å². The van der Waals surface area contributed by atoms with E-state index in [9.17, 15) is 9.59 Å². The lowest BCUT2D eigenvalue weighted by atomic mass is 9.93. The molecule has 116 valence electrons. The first-order valence-electron chi connectivity index (χ1n) is 7.51. The summed E-state index contributed by atoms with van der Waals surface area (Å²) in [6.45, 7) is 3.99. The van der Waals surface area contributed by atoms with Crippen molar-refractivity contribution >= 4 is 23.7 Å². The van der Waals surface area contributed by atoms with Gasteiger partial charge in [-0.3, -0.25) is 0 Å². The molecule has 0 atom stereocenters. The lowest BCUT2D eigenvalue weighted by Gasteiger charge is -2.40. The topological polar surface area (TPSA) is 55.8 Å². The molecule has 5 nitrogen and oxygen atoms in total. The number of ether oxygens (including phenoxy) is 2. The summed E-state index contributed by atoms with van der Waals surface area (Å²) in [6.07, 6.45) is 7.56. The minimum absolute atomic E-state index is 0.0155. The van der Waals surface area contributed by atoms with Gasteiger partial charge in [0, 0.05) is 32.3 Å². The van der Waals surface area contributed by atoms with Crippen molar-refractivity contribution in [1.82, 2.24) is 4.90 Å². The van der Waals surface area contributed by atoms with Crippen LogP contribution < -0.4 is 0 Å². The van der Waals surface area contributed by atoms with Crippen molar-refractivity contribution in [3.63, 3.8) is 0 Å². The molecule has 1 spiro atoms. The van der Waals surface area contributed by atoms with Gasteiger partial charge in [-0.25, -0.2) is 9.59 Å². The second-order valence-corrected chi connectivity index (χ2v) is 7.73. The lowest BCUT2D eigenvalue weighted by molar-refractivity contribution is -0.222. The molecular formula is C15H21NO4S. The van der Waals surface area contributed by atoms with E-state index in [1.807, 2.05) is 11.8 Å². The Balaban J connectivity index is 1.83. The van der Waals surface area contributed by atoms with Gasteiger partial charge >= 0.3 is 11.9 Å². The van der Waals surface area contributed by atoms with Gasteiger partial charge in [0.15, 0.2) is 5.57 Å². The van der Waals surface area contributed by atoms with E-state index in [0.717, 1.165) is 25.1 Å². The number of hydrogen-bond acceptors (Lipinski definition) is 6. The molecule has 3 rings (SSSR count). The molecule has 0 aromatic rings. The van der Waals surface area contributed by atoms with Crippen molar-refractivity contribution in [2.45, 2.75) is 56.6 Å². The Morgan fingerprint density at radius 3 is 2.33 bits per heavy atom. The van der Waals surface area contributed by atoms with Crippen LogP contribution in [0.4, 0.5) is 0 Å². The molecule has 3 fully saturated rings. The highest BCUT2D eigenvalue weighted by molar-refractivity contribution is 8.00. The predicted octanol–water partition coefficient (Wildman–Crippen LogP) is 2.42. The fraction of sp³-hybridized carbons (Fsp3) is 0.733. The van der Waals surface area contributed by atoms with E-state index in [1.54, 1.807) is 20.0 Å². The van der Waals surface area contributed by atoms with Crippen molar-refractivity contribution in [2.75, 3.05) is 12.3 Å². The maximum atomic E-state index is 12.1. The van der Waals surface area contributed by atoms with E-state index in [1.165, 1.54) is 19.3 Å². The molecular weight excluding hydrogens is 290 g/mol. The molecule has 0 unspecified atom stereocenters.